The number of piperidine rings is 1. The molecule has 4 nitrogen and oxygen atoms in total. The van der Waals surface area contributed by atoms with Crippen LogP contribution in [0.5, 0.6) is 0 Å². The molecule has 1 aliphatic heterocycles. The van der Waals surface area contributed by atoms with Crippen molar-refractivity contribution in [3.8, 4) is 6.07 Å². The minimum atomic E-state index is -0.00368. The van der Waals surface area contributed by atoms with E-state index in [4.69, 9.17) is 4.74 Å². The van der Waals surface area contributed by atoms with Gasteiger partial charge in [-0.15, -0.1) is 0 Å². The Bertz CT molecular complexity index is 697. The van der Waals surface area contributed by atoms with Crippen LogP contribution in [0.4, 0.5) is 5.82 Å². The second-order valence-electron chi connectivity index (χ2n) is 6.07. The number of aromatic nitrogens is 1. The summed E-state index contributed by atoms with van der Waals surface area (Å²) in [6.45, 7) is 4.07. The van der Waals surface area contributed by atoms with Gasteiger partial charge in [-0.3, -0.25) is 0 Å². The molecule has 3 rings (SSSR count). The lowest BCUT2D eigenvalue weighted by atomic mass is 10.1. The zero-order valence-electron chi connectivity index (χ0n) is 13.8. The van der Waals surface area contributed by atoms with Gasteiger partial charge in [0.2, 0.25) is 0 Å². The smallest absolute Gasteiger partial charge is 0.124 e. The van der Waals surface area contributed by atoms with E-state index < -0.39 is 0 Å². The van der Waals surface area contributed by atoms with Gasteiger partial charge in [0.1, 0.15) is 11.9 Å². The van der Waals surface area contributed by atoms with Crippen LogP contribution in [0.15, 0.2) is 30.4 Å². The number of ether oxygens (including phenoxy) is 1. The Kier molecular flexibility index (Phi) is 4.68. The van der Waals surface area contributed by atoms with E-state index in [-0.39, 0.29) is 6.10 Å². The molecule has 0 radical (unpaired) electrons. The Labute approximate surface area is 137 Å². The molecular formula is C19H23N3O. The molecule has 1 saturated heterocycles. The zero-order valence-corrected chi connectivity index (χ0v) is 13.8. The number of hydrogen-bond donors (Lipinski definition) is 1. The number of nitrogens with one attached hydrogen (secondary N) is 1. The molecule has 1 atom stereocenters. The molecule has 0 aromatic carbocycles. The van der Waals surface area contributed by atoms with Crippen molar-refractivity contribution >= 4 is 11.4 Å². The summed E-state index contributed by atoms with van der Waals surface area (Å²) in [5.41, 5.74) is 3.90. The highest BCUT2D eigenvalue weighted by molar-refractivity contribution is 5.80. The van der Waals surface area contributed by atoms with Crippen molar-refractivity contribution in [3.05, 3.63) is 47.2 Å². The number of methoxy groups -OCH3 is 1. The molecule has 0 spiro atoms. The van der Waals surface area contributed by atoms with Gasteiger partial charge in [-0.2, -0.15) is 5.26 Å². The van der Waals surface area contributed by atoms with Crippen LogP contribution in [0.25, 0.3) is 5.57 Å². The number of nitriles is 1. The van der Waals surface area contributed by atoms with E-state index in [9.17, 15) is 5.26 Å². The Hall–Kier alpha value is -2.25. The number of nitrogens with zero attached hydrogens (tertiary/aromatic N) is 2. The molecule has 2 aliphatic rings. The lowest BCUT2D eigenvalue weighted by molar-refractivity contribution is 0.178. The fraction of sp³-hybridized carbons (Fsp3) is 0.421. The van der Waals surface area contributed by atoms with E-state index in [0.717, 1.165) is 41.3 Å². The molecule has 1 unspecified atom stereocenters. The first kappa shape index (κ1) is 15.6. The van der Waals surface area contributed by atoms with E-state index in [0.29, 0.717) is 0 Å². The summed E-state index contributed by atoms with van der Waals surface area (Å²) in [7, 11) is 1.70. The molecule has 0 amide bonds. The Morgan fingerprint density at radius 3 is 2.74 bits per heavy atom. The Balaban J connectivity index is 1.98. The van der Waals surface area contributed by atoms with E-state index in [2.05, 4.69) is 28.1 Å². The maximum absolute atomic E-state index is 9.61. The van der Waals surface area contributed by atoms with Gasteiger partial charge in [-0.05, 0) is 37.3 Å². The van der Waals surface area contributed by atoms with Gasteiger partial charge in [0.05, 0.1) is 17.4 Å². The van der Waals surface area contributed by atoms with Crippen molar-refractivity contribution in [1.82, 2.24) is 4.98 Å². The number of hydrogen-bond acceptors (Lipinski definition) is 3. The van der Waals surface area contributed by atoms with Gasteiger partial charge in [-0.25, -0.2) is 0 Å². The Morgan fingerprint density at radius 2 is 2.04 bits per heavy atom. The van der Waals surface area contributed by atoms with Crippen molar-refractivity contribution in [2.24, 2.45) is 0 Å². The number of anilines is 1. The number of H-pyrrole nitrogens is 1. The summed E-state index contributed by atoms with van der Waals surface area (Å²) < 4.78 is 5.35. The lowest BCUT2D eigenvalue weighted by Crippen LogP contribution is -2.30. The van der Waals surface area contributed by atoms with E-state index >= 15 is 0 Å². The monoisotopic (exact) mass is 309 g/mol. The van der Waals surface area contributed by atoms with Crippen molar-refractivity contribution in [2.75, 3.05) is 25.1 Å². The van der Waals surface area contributed by atoms with Crippen molar-refractivity contribution < 1.29 is 4.74 Å². The first-order valence-corrected chi connectivity index (χ1v) is 8.22. The first-order valence-electron chi connectivity index (χ1n) is 8.22. The van der Waals surface area contributed by atoms with Crippen LogP contribution in [0, 0.1) is 18.3 Å². The van der Waals surface area contributed by atoms with Crippen molar-refractivity contribution in [3.63, 3.8) is 0 Å². The molecule has 4 heteroatoms. The summed E-state index contributed by atoms with van der Waals surface area (Å²) in [6, 6.07) is 2.39. The minimum absolute atomic E-state index is 0.00368. The van der Waals surface area contributed by atoms with Gasteiger partial charge in [0, 0.05) is 20.2 Å². The molecule has 2 heterocycles. The van der Waals surface area contributed by atoms with Crippen LogP contribution in [-0.2, 0) is 4.74 Å². The van der Waals surface area contributed by atoms with Gasteiger partial charge in [-0.1, -0.05) is 30.4 Å². The fourth-order valence-corrected chi connectivity index (χ4v) is 3.27. The van der Waals surface area contributed by atoms with Crippen molar-refractivity contribution in [1.29, 1.82) is 5.26 Å². The molecule has 120 valence electrons. The summed E-state index contributed by atoms with van der Waals surface area (Å²) in [5.74, 6) is 0.977. The molecule has 1 aliphatic carbocycles. The molecule has 0 saturated carbocycles. The SMILES string of the molecule is COC1C=CC=C(c2[nH]c(N3CCCCC3)c(C#N)c2C)C=C1. The van der Waals surface area contributed by atoms with Crippen LogP contribution < -0.4 is 4.90 Å². The number of rotatable bonds is 3. The third-order valence-corrected chi connectivity index (χ3v) is 4.62. The van der Waals surface area contributed by atoms with Crippen LogP contribution in [0.1, 0.15) is 36.1 Å². The molecule has 1 N–H and O–H groups in total. The average Bonchev–Trinajstić information content (AvgIpc) is 2.77. The number of allylic oxidation sites excluding steroid dienone is 4. The maximum atomic E-state index is 9.61. The molecule has 23 heavy (non-hydrogen) atoms. The third-order valence-electron chi connectivity index (χ3n) is 4.62. The summed E-state index contributed by atoms with van der Waals surface area (Å²) in [5, 5.41) is 9.61. The standard InChI is InChI=1S/C19H23N3O/c1-14-17(13-20)19(22-11-4-3-5-12-22)21-18(14)15-7-6-8-16(23-2)10-9-15/h6-10,16,21H,3-5,11-12H2,1-2H3. The second-order valence-corrected chi connectivity index (χ2v) is 6.07. The summed E-state index contributed by atoms with van der Waals surface area (Å²) >= 11 is 0. The second kappa shape index (κ2) is 6.89. The van der Waals surface area contributed by atoms with Crippen molar-refractivity contribution in [2.45, 2.75) is 32.3 Å². The lowest BCUT2D eigenvalue weighted by Gasteiger charge is -2.27. The molecule has 1 aromatic rings. The third kappa shape index (κ3) is 3.11. The predicted octanol–water partition coefficient (Wildman–Crippen LogP) is 3.71. The van der Waals surface area contributed by atoms with Crippen LogP contribution in [0.2, 0.25) is 0 Å². The fourth-order valence-electron chi connectivity index (χ4n) is 3.27. The van der Waals surface area contributed by atoms with Crippen LogP contribution in [-0.4, -0.2) is 31.3 Å². The summed E-state index contributed by atoms with van der Waals surface area (Å²) in [4.78, 5) is 5.82. The van der Waals surface area contributed by atoms with E-state index in [1.165, 1.54) is 19.3 Å². The zero-order chi connectivity index (χ0) is 16.2. The normalized spacial score (nSPS) is 21.0. The highest BCUT2D eigenvalue weighted by Crippen LogP contribution is 2.32. The molecular weight excluding hydrogens is 286 g/mol. The van der Waals surface area contributed by atoms with E-state index in [1.807, 2.05) is 25.2 Å². The minimum Gasteiger partial charge on any atom is -0.373 e. The Morgan fingerprint density at radius 1 is 1.26 bits per heavy atom. The van der Waals surface area contributed by atoms with Crippen LogP contribution >= 0.6 is 0 Å². The van der Waals surface area contributed by atoms with Gasteiger partial charge < -0.3 is 14.6 Å². The van der Waals surface area contributed by atoms with Crippen LogP contribution in [0.3, 0.4) is 0 Å². The molecule has 1 fully saturated rings. The van der Waals surface area contributed by atoms with E-state index in [1.54, 1.807) is 7.11 Å². The quantitative estimate of drug-likeness (QED) is 0.926. The predicted molar refractivity (Wildman–Crippen MR) is 93.4 cm³/mol. The van der Waals surface area contributed by atoms with Gasteiger partial charge in [0.25, 0.3) is 0 Å². The molecule has 0 bridgehead atoms. The number of aromatic amines is 1. The maximum Gasteiger partial charge on any atom is 0.124 e. The molecule has 1 aromatic heterocycles. The highest BCUT2D eigenvalue weighted by Gasteiger charge is 2.21. The van der Waals surface area contributed by atoms with Gasteiger partial charge in [0.15, 0.2) is 0 Å². The first-order chi connectivity index (χ1) is 11.2. The largest absolute Gasteiger partial charge is 0.373 e. The summed E-state index contributed by atoms with van der Waals surface area (Å²) in [6.07, 6.45) is 13.8. The topological polar surface area (TPSA) is 52.0 Å². The average molecular weight is 309 g/mol. The van der Waals surface area contributed by atoms with Gasteiger partial charge >= 0.3 is 0 Å². The highest BCUT2D eigenvalue weighted by atomic mass is 16.5.